The van der Waals surface area contributed by atoms with Gasteiger partial charge in [-0.1, -0.05) is 0 Å². The van der Waals surface area contributed by atoms with Gasteiger partial charge in [-0.2, -0.15) is 0 Å². The second-order valence-corrected chi connectivity index (χ2v) is 5.98. The van der Waals surface area contributed by atoms with Crippen LogP contribution in [0.4, 0.5) is 10.1 Å². The first kappa shape index (κ1) is 14.4. The van der Waals surface area contributed by atoms with E-state index in [1.165, 1.54) is 25.2 Å². The molecule has 21 heavy (non-hydrogen) atoms. The number of hydrogen-bond donors (Lipinski definition) is 0. The predicted molar refractivity (Wildman–Crippen MR) is 73.1 cm³/mol. The molecule has 3 unspecified atom stereocenters. The molecule has 0 amide bonds. The number of fused-ring (bicyclic) bond motifs is 1. The first-order valence-electron chi connectivity index (χ1n) is 7.08. The molecule has 2 aliphatic rings. The van der Waals surface area contributed by atoms with Gasteiger partial charge >= 0.3 is 0 Å². The third kappa shape index (κ3) is 2.78. The molecule has 1 aromatic rings. The minimum Gasteiger partial charge on any atom is -0.481 e. The Balaban J connectivity index is 1.81. The van der Waals surface area contributed by atoms with E-state index in [1.807, 2.05) is 13.8 Å². The molecule has 3 atom stereocenters. The molecule has 0 bridgehead atoms. The largest absolute Gasteiger partial charge is 0.481 e. The number of nitrogens with zero attached hydrogens (tertiary/aromatic N) is 1. The van der Waals surface area contributed by atoms with Gasteiger partial charge in [0.25, 0.3) is 5.69 Å². The number of ether oxygens (including phenoxy) is 3. The van der Waals surface area contributed by atoms with Crippen LogP contribution in [-0.4, -0.2) is 35.9 Å². The maximum Gasteiger partial charge on any atom is 0.297 e. The highest BCUT2D eigenvalue weighted by atomic mass is 19.1. The van der Waals surface area contributed by atoms with E-state index in [2.05, 4.69) is 0 Å². The van der Waals surface area contributed by atoms with Gasteiger partial charge in [0.2, 0.25) is 0 Å². The van der Waals surface area contributed by atoms with Crippen molar-refractivity contribution < 1.29 is 23.4 Å². The Morgan fingerprint density at radius 2 is 2.10 bits per heavy atom. The highest BCUT2D eigenvalue weighted by molar-refractivity contribution is 5.46. The van der Waals surface area contributed by atoms with Gasteiger partial charge in [-0.15, -0.1) is 0 Å². The standard InChI is InChI=1S/C15H19FNO4/c1-15(2)20-12-7-6-11(14(12)21-15)19-13-8-9(16)4-5-10(13)17(3)18/h4-5,8,11-12,14H,6-7H2,1-3H3/q+1. The first-order valence-corrected chi connectivity index (χ1v) is 7.08. The molecule has 5 nitrogen and oxygen atoms in total. The lowest BCUT2D eigenvalue weighted by molar-refractivity contribution is -0.429. The lowest BCUT2D eigenvalue weighted by atomic mass is 10.2. The van der Waals surface area contributed by atoms with Crippen LogP contribution in [0.25, 0.3) is 0 Å². The van der Waals surface area contributed by atoms with E-state index in [1.54, 1.807) is 0 Å². The fourth-order valence-electron chi connectivity index (χ4n) is 3.03. The molecule has 1 aliphatic carbocycles. The van der Waals surface area contributed by atoms with Gasteiger partial charge in [0.15, 0.2) is 18.6 Å². The minimum atomic E-state index is -0.628. The van der Waals surface area contributed by atoms with Crippen molar-refractivity contribution in [2.45, 2.75) is 50.8 Å². The normalized spacial score (nSPS) is 30.2. The summed E-state index contributed by atoms with van der Waals surface area (Å²) in [5, 5.41) is 0. The van der Waals surface area contributed by atoms with E-state index in [0.29, 0.717) is 10.4 Å². The second-order valence-electron chi connectivity index (χ2n) is 5.98. The van der Waals surface area contributed by atoms with Crippen molar-refractivity contribution >= 4 is 5.69 Å². The molecule has 114 valence electrons. The molecule has 1 aliphatic heterocycles. The maximum atomic E-state index is 13.4. The Morgan fingerprint density at radius 3 is 2.81 bits per heavy atom. The van der Waals surface area contributed by atoms with Crippen molar-refractivity contribution in [1.82, 2.24) is 0 Å². The zero-order valence-corrected chi connectivity index (χ0v) is 12.3. The molecule has 1 saturated heterocycles. The van der Waals surface area contributed by atoms with E-state index in [-0.39, 0.29) is 24.1 Å². The van der Waals surface area contributed by atoms with Crippen molar-refractivity contribution in [1.29, 1.82) is 0 Å². The molecule has 0 aromatic heterocycles. The molecular formula is C15H19FNO4+. The zero-order valence-electron chi connectivity index (χ0n) is 12.3. The lowest BCUT2D eigenvalue weighted by Gasteiger charge is -2.22. The molecule has 1 heterocycles. The summed E-state index contributed by atoms with van der Waals surface area (Å²) in [6.45, 7) is 3.73. The summed E-state index contributed by atoms with van der Waals surface area (Å²) >= 11 is 0. The van der Waals surface area contributed by atoms with Gasteiger partial charge in [-0.25, -0.2) is 4.39 Å². The number of halogens is 1. The molecule has 2 fully saturated rings. The monoisotopic (exact) mass is 296 g/mol. The van der Waals surface area contributed by atoms with E-state index in [0.717, 1.165) is 12.8 Å². The first-order chi connectivity index (χ1) is 9.85. The highest BCUT2D eigenvalue weighted by Gasteiger charge is 2.50. The Labute approximate surface area is 122 Å². The summed E-state index contributed by atoms with van der Waals surface area (Å²) in [5.41, 5.74) is 0.304. The van der Waals surface area contributed by atoms with Crippen molar-refractivity contribution in [2.24, 2.45) is 0 Å². The molecule has 1 aromatic carbocycles. The van der Waals surface area contributed by atoms with E-state index < -0.39 is 11.6 Å². The SMILES string of the molecule is C[N+](=O)c1ccc(F)cc1OC1CCC2OC(C)(C)OC12. The van der Waals surface area contributed by atoms with Crippen LogP contribution < -0.4 is 4.74 Å². The number of benzene rings is 1. The van der Waals surface area contributed by atoms with Crippen molar-refractivity contribution in [3.8, 4) is 5.75 Å². The average Bonchev–Trinajstić information content (AvgIpc) is 2.86. The Hall–Kier alpha value is -1.53. The Kier molecular flexibility index (Phi) is 3.45. The van der Waals surface area contributed by atoms with Gasteiger partial charge < -0.3 is 14.2 Å². The summed E-state index contributed by atoms with van der Waals surface area (Å²) in [5.74, 6) is -0.821. The van der Waals surface area contributed by atoms with Gasteiger partial charge in [-0.05, 0) is 32.8 Å². The van der Waals surface area contributed by atoms with Gasteiger partial charge in [-0.3, -0.25) is 0 Å². The van der Waals surface area contributed by atoms with Crippen LogP contribution in [-0.2, 0) is 9.47 Å². The number of rotatable bonds is 3. The van der Waals surface area contributed by atoms with E-state index in [9.17, 15) is 9.30 Å². The lowest BCUT2D eigenvalue weighted by Crippen LogP contribution is -2.33. The van der Waals surface area contributed by atoms with Crippen LogP contribution in [0.1, 0.15) is 26.7 Å². The van der Waals surface area contributed by atoms with Crippen LogP contribution in [0, 0.1) is 10.7 Å². The summed E-state index contributed by atoms with van der Waals surface area (Å²) in [6.07, 6.45) is 1.15. The third-order valence-corrected chi connectivity index (χ3v) is 3.86. The Morgan fingerprint density at radius 1 is 1.33 bits per heavy atom. The maximum absolute atomic E-state index is 13.4. The third-order valence-electron chi connectivity index (χ3n) is 3.86. The second kappa shape index (κ2) is 5.03. The quantitative estimate of drug-likeness (QED) is 0.805. The van der Waals surface area contributed by atoms with Crippen molar-refractivity contribution in [2.75, 3.05) is 7.05 Å². The minimum absolute atomic E-state index is 0.00742. The molecular weight excluding hydrogens is 277 g/mol. The van der Waals surface area contributed by atoms with Crippen LogP contribution >= 0.6 is 0 Å². The van der Waals surface area contributed by atoms with Crippen LogP contribution in [0.5, 0.6) is 5.75 Å². The van der Waals surface area contributed by atoms with E-state index in [4.69, 9.17) is 14.2 Å². The van der Waals surface area contributed by atoms with Crippen molar-refractivity contribution in [3.63, 3.8) is 0 Å². The molecule has 0 radical (unpaired) electrons. The molecule has 1 saturated carbocycles. The number of hydrogen-bond acceptors (Lipinski definition) is 4. The van der Waals surface area contributed by atoms with Crippen molar-refractivity contribution in [3.05, 3.63) is 28.9 Å². The summed E-state index contributed by atoms with van der Waals surface area (Å²) in [7, 11) is 1.36. The van der Waals surface area contributed by atoms with E-state index >= 15 is 0 Å². The van der Waals surface area contributed by atoms with Crippen LogP contribution in [0.3, 0.4) is 0 Å². The highest BCUT2D eigenvalue weighted by Crippen LogP contribution is 2.41. The summed E-state index contributed by atoms with van der Waals surface area (Å²) in [6, 6.07) is 3.89. The fraction of sp³-hybridized carbons (Fsp3) is 0.600. The smallest absolute Gasteiger partial charge is 0.297 e. The molecule has 0 N–H and O–H groups in total. The molecule has 3 rings (SSSR count). The van der Waals surface area contributed by atoms with Crippen LogP contribution in [0.2, 0.25) is 0 Å². The molecule has 6 heteroatoms. The van der Waals surface area contributed by atoms with Gasteiger partial charge in [0.05, 0.1) is 6.10 Å². The summed E-state index contributed by atoms with van der Waals surface area (Å²) in [4.78, 5) is 11.5. The predicted octanol–water partition coefficient (Wildman–Crippen LogP) is 2.93. The number of nitroso groups, excluding NO2 is 1. The zero-order chi connectivity index (χ0) is 15.2. The van der Waals surface area contributed by atoms with Crippen LogP contribution in [0.15, 0.2) is 18.2 Å². The Bertz CT molecular complexity index is 575. The molecule has 0 spiro atoms. The average molecular weight is 296 g/mol. The topological polar surface area (TPSA) is 47.8 Å². The summed E-state index contributed by atoms with van der Waals surface area (Å²) < 4.78 is 31.6. The fourth-order valence-corrected chi connectivity index (χ4v) is 3.03. The van der Waals surface area contributed by atoms with Gasteiger partial charge in [0, 0.05) is 21.8 Å². The van der Waals surface area contributed by atoms with Gasteiger partial charge in [0.1, 0.15) is 18.0 Å².